The molecule has 1 atom stereocenters. The highest BCUT2D eigenvalue weighted by Gasteiger charge is 2.21. The average Bonchev–Trinajstić information content (AvgIpc) is 2.71. The second-order valence-electron chi connectivity index (χ2n) is 4.97. The summed E-state index contributed by atoms with van der Waals surface area (Å²) in [5, 5.41) is 2.77. The van der Waals surface area contributed by atoms with Gasteiger partial charge in [-0.2, -0.15) is 0 Å². The smallest absolute Gasteiger partial charge is 0.408 e. The third-order valence-electron chi connectivity index (χ3n) is 2.25. The van der Waals surface area contributed by atoms with Crippen LogP contribution in [0.3, 0.4) is 0 Å². The lowest BCUT2D eigenvalue weighted by molar-refractivity contribution is 0.0494. The van der Waals surface area contributed by atoms with E-state index in [9.17, 15) is 4.79 Å². The van der Waals surface area contributed by atoms with Gasteiger partial charge in [-0.15, -0.1) is 0 Å². The third-order valence-corrected chi connectivity index (χ3v) is 2.25. The van der Waals surface area contributed by atoms with Gasteiger partial charge >= 0.3 is 6.09 Å². The number of rotatable bonds is 4. The topological polar surface area (TPSA) is 60.7 Å². The summed E-state index contributed by atoms with van der Waals surface area (Å²) in [4.78, 5) is 11.7. The number of ether oxygens (including phenoxy) is 2. The van der Waals surface area contributed by atoms with E-state index in [1.165, 1.54) is 7.11 Å². The first-order valence-electron chi connectivity index (χ1n) is 5.99. The van der Waals surface area contributed by atoms with E-state index in [0.717, 1.165) is 0 Å². The summed E-state index contributed by atoms with van der Waals surface area (Å²) in [6, 6.07) is 3.28. The largest absolute Gasteiger partial charge is 0.468 e. The molecule has 0 fully saturated rings. The fraction of sp³-hybridized carbons (Fsp3) is 0.615. The molecule has 0 radical (unpaired) electrons. The average molecular weight is 255 g/mol. The van der Waals surface area contributed by atoms with Crippen LogP contribution >= 0.6 is 0 Å². The molecule has 102 valence electrons. The minimum Gasteiger partial charge on any atom is -0.468 e. The third kappa shape index (κ3) is 4.31. The van der Waals surface area contributed by atoms with Crippen molar-refractivity contribution in [3.05, 3.63) is 17.9 Å². The van der Waals surface area contributed by atoms with Crippen LogP contribution in [-0.4, -0.2) is 18.8 Å². The maximum Gasteiger partial charge on any atom is 0.408 e. The van der Waals surface area contributed by atoms with E-state index in [0.29, 0.717) is 18.1 Å². The molecular weight excluding hydrogens is 234 g/mol. The molecule has 0 bridgehead atoms. The summed E-state index contributed by atoms with van der Waals surface area (Å²) in [7, 11) is 1.53. The Morgan fingerprint density at radius 2 is 2.11 bits per heavy atom. The first-order chi connectivity index (χ1) is 8.35. The van der Waals surface area contributed by atoms with E-state index in [4.69, 9.17) is 13.9 Å². The van der Waals surface area contributed by atoms with Gasteiger partial charge in [-0.1, -0.05) is 6.92 Å². The number of hydrogen-bond donors (Lipinski definition) is 1. The van der Waals surface area contributed by atoms with Crippen molar-refractivity contribution in [3.8, 4) is 5.95 Å². The van der Waals surface area contributed by atoms with Gasteiger partial charge in [0.15, 0.2) is 0 Å². The molecule has 18 heavy (non-hydrogen) atoms. The van der Waals surface area contributed by atoms with E-state index in [2.05, 4.69) is 5.32 Å². The lowest BCUT2D eigenvalue weighted by atomic mass is 10.2. The van der Waals surface area contributed by atoms with Gasteiger partial charge in [0.05, 0.1) is 13.2 Å². The minimum absolute atomic E-state index is 0.219. The van der Waals surface area contributed by atoms with Crippen LogP contribution < -0.4 is 10.1 Å². The molecule has 1 amide bonds. The fourth-order valence-corrected chi connectivity index (χ4v) is 1.46. The van der Waals surface area contributed by atoms with Crippen LogP contribution in [0.4, 0.5) is 4.79 Å². The second-order valence-corrected chi connectivity index (χ2v) is 4.97. The number of hydrogen-bond acceptors (Lipinski definition) is 4. The van der Waals surface area contributed by atoms with Crippen molar-refractivity contribution in [3.63, 3.8) is 0 Å². The Hall–Kier alpha value is -1.65. The maximum absolute atomic E-state index is 11.7. The quantitative estimate of drug-likeness (QED) is 0.897. The number of furan rings is 1. The molecule has 0 aliphatic carbocycles. The van der Waals surface area contributed by atoms with E-state index in [1.807, 2.05) is 27.7 Å². The van der Waals surface area contributed by atoms with E-state index < -0.39 is 11.7 Å². The Balaban J connectivity index is 2.64. The molecule has 0 aliphatic rings. The molecule has 1 unspecified atom stereocenters. The van der Waals surface area contributed by atoms with Crippen molar-refractivity contribution < 1.29 is 18.7 Å². The Kier molecular flexibility index (Phi) is 4.64. The highest BCUT2D eigenvalue weighted by molar-refractivity contribution is 5.68. The van der Waals surface area contributed by atoms with Gasteiger partial charge in [0.25, 0.3) is 5.95 Å². The first-order valence-corrected chi connectivity index (χ1v) is 5.99. The van der Waals surface area contributed by atoms with Gasteiger partial charge in [-0.3, -0.25) is 0 Å². The molecule has 0 aromatic carbocycles. The number of nitrogens with one attached hydrogen (secondary N) is 1. The Bertz CT molecular complexity index is 392. The van der Waals surface area contributed by atoms with E-state index >= 15 is 0 Å². The lowest BCUT2D eigenvalue weighted by Crippen LogP contribution is -2.34. The number of amides is 1. The van der Waals surface area contributed by atoms with Crippen molar-refractivity contribution in [1.29, 1.82) is 0 Å². The summed E-state index contributed by atoms with van der Waals surface area (Å²) >= 11 is 0. The molecule has 1 aromatic rings. The van der Waals surface area contributed by atoms with E-state index in [1.54, 1.807) is 12.1 Å². The van der Waals surface area contributed by atoms with Crippen molar-refractivity contribution in [2.45, 2.75) is 45.8 Å². The molecule has 1 aromatic heterocycles. The van der Waals surface area contributed by atoms with Crippen LogP contribution in [0.5, 0.6) is 5.95 Å². The van der Waals surface area contributed by atoms with Crippen molar-refractivity contribution >= 4 is 6.09 Å². The Morgan fingerprint density at radius 3 is 2.56 bits per heavy atom. The first kappa shape index (κ1) is 14.4. The summed E-state index contributed by atoms with van der Waals surface area (Å²) < 4.78 is 15.6. The minimum atomic E-state index is -0.511. The number of carbonyl (C=O) groups excluding carboxylic acids is 1. The predicted molar refractivity (Wildman–Crippen MR) is 67.7 cm³/mol. The summed E-state index contributed by atoms with van der Waals surface area (Å²) in [6.45, 7) is 7.42. The fourth-order valence-electron chi connectivity index (χ4n) is 1.46. The number of carbonyl (C=O) groups is 1. The van der Waals surface area contributed by atoms with Crippen LogP contribution in [0.25, 0.3) is 0 Å². The maximum atomic E-state index is 11.7. The molecule has 5 heteroatoms. The SMILES string of the molecule is CCC(NC(=O)OC(C)(C)C)c1ccc(OC)o1. The standard InChI is InChI=1S/C13H21NO4/c1-6-9(10-7-8-11(16-5)17-10)14-12(15)18-13(2,3)4/h7-9H,6H2,1-5H3,(H,14,15). The molecule has 1 rings (SSSR count). The monoisotopic (exact) mass is 255 g/mol. The zero-order chi connectivity index (χ0) is 13.8. The van der Waals surface area contributed by atoms with Gasteiger partial charge in [0, 0.05) is 6.07 Å². The van der Waals surface area contributed by atoms with Crippen molar-refractivity contribution in [2.24, 2.45) is 0 Å². The van der Waals surface area contributed by atoms with E-state index in [-0.39, 0.29) is 6.04 Å². The summed E-state index contributed by atoms with van der Waals surface area (Å²) in [5.74, 6) is 1.08. The van der Waals surface area contributed by atoms with Crippen LogP contribution in [0.2, 0.25) is 0 Å². The molecule has 0 saturated heterocycles. The molecule has 0 spiro atoms. The number of alkyl carbamates (subject to hydrolysis) is 1. The molecule has 5 nitrogen and oxygen atoms in total. The molecule has 0 aliphatic heterocycles. The van der Waals surface area contributed by atoms with Crippen LogP contribution in [-0.2, 0) is 4.74 Å². The van der Waals surface area contributed by atoms with Gasteiger partial charge in [-0.05, 0) is 33.3 Å². The van der Waals surface area contributed by atoms with Gasteiger partial charge in [-0.25, -0.2) is 4.79 Å². The summed E-state index contributed by atoms with van der Waals surface area (Å²) in [5.41, 5.74) is -0.511. The Labute approximate surface area is 107 Å². The normalized spacial score (nSPS) is 12.9. The van der Waals surface area contributed by atoms with Gasteiger partial charge < -0.3 is 19.2 Å². The van der Waals surface area contributed by atoms with Crippen LogP contribution in [0, 0.1) is 0 Å². The predicted octanol–water partition coefficient (Wildman–Crippen LogP) is 3.26. The Morgan fingerprint density at radius 1 is 1.44 bits per heavy atom. The van der Waals surface area contributed by atoms with Crippen LogP contribution in [0.1, 0.15) is 45.9 Å². The van der Waals surface area contributed by atoms with Crippen LogP contribution in [0.15, 0.2) is 16.5 Å². The summed E-state index contributed by atoms with van der Waals surface area (Å²) in [6.07, 6.45) is 0.250. The van der Waals surface area contributed by atoms with Gasteiger partial charge in [0.1, 0.15) is 11.4 Å². The van der Waals surface area contributed by atoms with Gasteiger partial charge in [0.2, 0.25) is 0 Å². The van der Waals surface area contributed by atoms with Crippen molar-refractivity contribution in [1.82, 2.24) is 5.32 Å². The lowest BCUT2D eigenvalue weighted by Gasteiger charge is -2.22. The number of methoxy groups -OCH3 is 1. The highest BCUT2D eigenvalue weighted by atomic mass is 16.6. The van der Waals surface area contributed by atoms with Crippen molar-refractivity contribution in [2.75, 3.05) is 7.11 Å². The molecule has 0 saturated carbocycles. The molecule has 1 N–H and O–H groups in total. The highest BCUT2D eigenvalue weighted by Crippen LogP contribution is 2.24. The molecular formula is C13H21NO4. The second kappa shape index (κ2) is 5.80. The zero-order valence-electron chi connectivity index (χ0n) is 11.6. The molecule has 1 heterocycles. The zero-order valence-corrected chi connectivity index (χ0v) is 11.6.